The van der Waals surface area contributed by atoms with E-state index in [0.29, 0.717) is 0 Å². The SMILES string of the molecule is Cc1cc2cc3[nH]c(Br)[c]([Zr+3])cc3c(C)c2c1.[Cl-].[Cl-].[Cl-]. The summed E-state index contributed by atoms with van der Waals surface area (Å²) in [5.41, 5.74) is 3.91. The van der Waals surface area contributed by atoms with Gasteiger partial charge in [-0.2, -0.15) is 0 Å². The Kier molecular flexibility index (Phi) is 7.83. The van der Waals surface area contributed by atoms with Gasteiger partial charge in [0, 0.05) is 0 Å². The average molecular weight is 471 g/mol. The second kappa shape index (κ2) is 7.65. The second-order valence-corrected chi connectivity index (χ2v) is 6.61. The fraction of sp³-hybridized carbons (Fsp3) is 0.143. The number of pyridine rings is 1. The van der Waals surface area contributed by atoms with Gasteiger partial charge >= 0.3 is 124 Å². The van der Waals surface area contributed by atoms with Gasteiger partial charge in [0.2, 0.25) is 0 Å². The summed E-state index contributed by atoms with van der Waals surface area (Å²) in [6.45, 7) is 4.36. The molecular formula is C14H11BrCl3NZr. The Morgan fingerprint density at radius 1 is 0.950 bits per heavy atom. The number of aromatic nitrogens is 1. The van der Waals surface area contributed by atoms with Gasteiger partial charge in [0.05, 0.1) is 0 Å². The van der Waals surface area contributed by atoms with E-state index in [1.54, 1.807) is 0 Å². The Morgan fingerprint density at radius 3 is 2.25 bits per heavy atom. The molecule has 0 unspecified atom stereocenters. The zero-order valence-corrected chi connectivity index (χ0v) is 17.1. The van der Waals surface area contributed by atoms with Gasteiger partial charge in [-0.15, -0.1) is 0 Å². The van der Waals surface area contributed by atoms with Gasteiger partial charge in [0.1, 0.15) is 0 Å². The summed E-state index contributed by atoms with van der Waals surface area (Å²) in [5.74, 6) is 0. The van der Waals surface area contributed by atoms with Crippen LogP contribution in [0.15, 0.2) is 28.9 Å². The molecule has 1 heterocycles. The van der Waals surface area contributed by atoms with Crippen LogP contribution in [0.1, 0.15) is 11.1 Å². The number of rotatable bonds is 0. The molecule has 2 aromatic carbocycles. The van der Waals surface area contributed by atoms with Gasteiger partial charge in [-0.25, -0.2) is 0 Å². The fourth-order valence-electron chi connectivity index (χ4n) is 2.38. The number of benzene rings is 1. The van der Waals surface area contributed by atoms with Crippen LogP contribution in [0, 0.1) is 13.8 Å². The first kappa shape index (κ1) is 20.5. The number of aromatic amines is 1. The summed E-state index contributed by atoms with van der Waals surface area (Å²) in [7, 11) is 0. The maximum Gasteiger partial charge on any atom is -1.00 e. The van der Waals surface area contributed by atoms with Crippen LogP contribution in [0.3, 0.4) is 0 Å². The van der Waals surface area contributed by atoms with E-state index in [2.05, 4.69) is 59.0 Å². The average Bonchev–Trinajstić information content (AvgIpc) is 2.63. The van der Waals surface area contributed by atoms with Crippen LogP contribution in [-0.4, -0.2) is 4.98 Å². The minimum Gasteiger partial charge on any atom is -1.00 e. The molecular weight excluding hydrogens is 460 g/mol. The van der Waals surface area contributed by atoms with E-state index >= 15 is 0 Å². The summed E-state index contributed by atoms with van der Waals surface area (Å²) in [6.07, 6.45) is 0. The molecule has 1 aromatic heterocycles. The smallest absolute Gasteiger partial charge is 1.00 e. The van der Waals surface area contributed by atoms with Crippen LogP contribution >= 0.6 is 15.9 Å². The first-order valence-electron chi connectivity index (χ1n) is 5.50. The summed E-state index contributed by atoms with van der Waals surface area (Å²) < 4.78 is 2.43. The second-order valence-electron chi connectivity index (χ2n) is 4.50. The van der Waals surface area contributed by atoms with E-state index < -0.39 is 0 Å². The third-order valence-electron chi connectivity index (χ3n) is 3.23. The molecule has 0 saturated heterocycles. The van der Waals surface area contributed by atoms with Gasteiger partial charge in [-0.3, -0.25) is 0 Å². The molecule has 0 aliphatic heterocycles. The molecule has 20 heavy (non-hydrogen) atoms. The molecule has 0 radical (unpaired) electrons. The van der Waals surface area contributed by atoms with Crippen molar-refractivity contribution in [1.29, 1.82) is 0 Å². The Morgan fingerprint density at radius 2 is 1.60 bits per heavy atom. The van der Waals surface area contributed by atoms with Gasteiger partial charge in [0.15, 0.2) is 0 Å². The summed E-state index contributed by atoms with van der Waals surface area (Å²) in [5, 5.41) is 4.03. The van der Waals surface area contributed by atoms with E-state index in [9.17, 15) is 0 Å². The zero-order chi connectivity index (χ0) is 12.2. The number of aryl methyl sites for hydroxylation is 2. The van der Waals surface area contributed by atoms with Gasteiger partial charge in [-0.05, 0) is 0 Å². The quantitative estimate of drug-likeness (QED) is 0.317. The van der Waals surface area contributed by atoms with Crippen molar-refractivity contribution >= 4 is 40.9 Å². The maximum atomic E-state index is 3.58. The predicted molar refractivity (Wildman–Crippen MR) is 72.6 cm³/mol. The molecule has 1 N–H and O–H groups in total. The minimum atomic E-state index is 0. The Balaban J connectivity index is 0.00000120. The summed E-state index contributed by atoms with van der Waals surface area (Å²) in [4.78, 5) is 3.44. The molecule has 0 aliphatic rings. The molecule has 3 rings (SSSR count). The van der Waals surface area contributed by atoms with Crippen molar-refractivity contribution in [3.05, 3.63) is 40.0 Å². The molecule has 104 valence electrons. The standard InChI is InChI=1S/C14H11BrN.3ClH.Zr/c1-8-5-10-7-13-11(3-4-14(15)16-13)9(2)12(10)6-8;;;;/h3,5-7,16H,1-2H3;3*1H;/q;;;;+3/p-3. The molecule has 0 spiro atoms. The fourth-order valence-corrected chi connectivity index (χ4v) is 3.22. The van der Waals surface area contributed by atoms with E-state index in [0.717, 1.165) is 4.60 Å². The van der Waals surface area contributed by atoms with Crippen LogP contribution in [0.25, 0.3) is 21.7 Å². The Hall–Kier alpha value is 0.473. The van der Waals surface area contributed by atoms with Gasteiger partial charge in [-0.1, -0.05) is 0 Å². The molecule has 0 fully saturated rings. The van der Waals surface area contributed by atoms with Crippen LogP contribution < -0.4 is 40.5 Å². The van der Waals surface area contributed by atoms with Crippen LogP contribution in [-0.2, 0) is 24.7 Å². The topological polar surface area (TPSA) is 15.8 Å². The molecule has 1 nitrogen and oxygen atoms in total. The Labute approximate surface area is 160 Å². The summed E-state index contributed by atoms with van der Waals surface area (Å²) >= 11 is 5.00. The van der Waals surface area contributed by atoms with Crippen LogP contribution in [0.4, 0.5) is 0 Å². The third kappa shape index (κ3) is 3.44. The van der Waals surface area contributed by atoms with Crippen LogP contribution in [0.2, 0.25) is 0 Å². The van der Waals surface area contributed by atoms with E-state index in [4.69, 9.17) is 0 Å². The van der Waals surface area contributed by atoms with E-state index in [1.165, 1.54) is 60.8 Å². The largest absolute Gasteiger partial charge is 1.00 e. The molecule has 0 saturated carbocycles. The van der Waals surface area contributed by atoms with Gasteiger partial charge < -0.3 is 37.2 Å². The van der Waals surface area contributed by atoms with Crippen molar-refractivity contribution in [2.24, 2.45) is 0 Å². The van der Waals surface area contributed by atoms with E-state index in [-0.39, 0.29) is 37.2 Å². The molecule has 0 bridgehead atoms. The number of hydrogen-bond donors (Lipinski definition) is 1. The van der Waals surface area contributed by atoms with E-state index in [1.807, 2.05) is 0 Å². The minimum absolute atomic E-state index is 0. The molecule has 0 aliphatic carbocycles. The zero-order valence-electron chi connectivity index (χ0n) is 10.8. The number of halogens is 4. The van der Waals surface area contributed by atoms with Gasteiger partial charge in [0.25, 0.3) is 0 Å². The monoisotopic (exact) mass is 467 g/mol. The first-order valence-corrected chi connectivity index (χ1v) is 7.52. The number of fused-ring (bicyclic) bond motifs is 2. The van der Waals surface area contributed by atoms with Crippen molar-refractivity contribution in [2.45, 2.75) is 13.8 Å². The molecule has 6 heteroatoms. The van der Waals surface area contributed by atoms with Crippen molar-refractivity contribution in [3.63, 3.8) is 0 Å². The van der Waals surface area contributed by atoms with Crippen molar-refractivity contribution in [3.8, 4) is 0 Å². The van der Waals surface area contributed by atoms with Crippen LogP contribution in [0.5, 0.6) is 0 Å². The summed E-state index contributed by atoms with van der Waals surface area (Å²) in [6, 6.07) is 9.04. The maximum absolute atomic E-state index is 3.58. The molecule has 3 aromatic rings. The third-order valence-corrected chi connectivity index (χ3v) is 5.73. The van der Waals surface area contributed by atoms with Crippen molar-refractivity contribution in [2.75, 3.05) is 0 Å². The molecule has 0 amide bonds. The first-order chi connectivity index (χ1) is 8.06. The number of nitrogens with one attached hydrogen (secondary N) is 1. The number of H-pyrrole nitrogens is 1. The molecule has 0 atom stereocenters. The Bertz CT molecular complexity index is 755. The van der Waals surface area contributed by atoms with Crippen molar-refractivity contribution in [1.82, 2.24) is 4.98 Å². The number of hydrogen-bond acceptors (Lipinski definition) is 0. The normalized spacial score (nSPS) is 9.85. The predicted octanol–water partition coefficient (Wildman–Crippen LogP) is -5.12. The van der Waals surface area contributed by atoms with Crippen molar-refractivity contribution < 1.29 is 61.9 Å².